The van der Waals surface area contributed by atoms with Crippen LogP contribution in [0.25, 0.3) is 0 Å². The fraction of sp³-hybridized carbons (Fsp3) is 0.211. The Kier molecular flexibility index (Phi) is 3.61. The van der Waals surface area contributed by atoms with Crippen LogP contribution in [0.5, 0.6) is 5.75 Å². The van der Waals surface area contributed by atoms with Crippen molar-refractivity contribution >= 4 is 0 Å². The Morgan fingerprint density at radius 3 is 2.57 bits per heavy atom. The van der Waals surface area contributed by atoms with Crippen molar-refractivity contribution in [3.05, 3.63) is 84.2 Å². The van der Waals surface area contributed by atoms with Crippen LogP contribution in [-0.2, 0) is 5.41 Å². The number of pyridine rings is 1. The lowest BCUT2D eigenvalue weighted by Gasteiger charge is -2.39. The summed E-state index contributed by atoms with van der Waals surface area (Å²) in [5, 5.41) is 10.4. The molecular weight excluding hydrogens is 258 g/mol. The van der Waals surface area contributed by atoms with Gasteiger partial charge < -0.3 is 5.11 Å². The molecule has 0 aliphatic heterocycles. The maximum Gasteiger partial charge on any atom is 0.120 e. The first-order chi connectivity index (χ1) is 10.3. The minimum absolute atomic E-state index is 0.304. The van der Waals surface area contributed by atoms with Crippen molar-refractivity contribution in [2.45, 2.75) is 18.8 Å². The minimum atomic E-state index is -0.336. The van der Waals surface area contributed by atoms with Crippen molar-refractivity contribution in [3.8, 4) is 5.75 Å². The number of hydrogen-bond acceptors (Lipinski definition) is 2. The molecule has 0 radical (unpaired) electrons. The summed E-state index contributed by atoms with van der Waals surface area (Å²) in [5.41, 5.74) is 1.77. The average Bonchev–Trinajstić information content (AvgIpc) is 2.56. The average molecular weight is 277 g/mol. The molecule has 2 heteroatoms. The molecule has 21 heavy (non-hydrogen) atoms. The van der Waals surface area contributed by atoms with Crippen LogP contribution in [0.2, 0.25) is 0 Å². The van der Waals surface area contributed by atoms with E-state index >= 15 is 0 Å². The summed E-state index contributed by atoms with van der Waals surface area (Å²) in [6.07, 6.45) is 13.2. The van der Waals surface area contributed by atoms with E-state index in [1.165, 1.54) is 0 Å². The summed E-state index contributed by atoms with van der Waals surface area (Å²) in [4.78, 5) is 4.13. The van der Waals surface area contributed by atoms with Gasteiger partial charge in [-0.2, -0.15) is 0 Å². The Morgan fingerprint density at radius 2 is 1.86 bits per heavy atom. The van der Waals surface area contributed by atoms with E-state index in [9.17, 15) is 5.11 Å². The summed E-state index contributed by atoms with van der Waals surface area (Å²) in [6.45, 7) is 2.18. The molecule has 0 fully saturated rings. The van der Waals surface area contributed by atoms with E-state index in [1.807, 2.05) is 42.7 Å². The summed E-state index contributed by atoms with van der Waals surface area (Å²) in [7, 11) is 0. The zero-order valence-electron chi connectivity index (χ0n) is 12.1. The predicted octanol–water partition coefficient (Wildman–Crippen LogP) is 4.23. The Hall–Kier alpha value is -2.35. The van der Waals surface area contributed by atoms with Gasteiger partial charge in [0.15, 0.2) is 0 Å². The van der Waals surface area contributed by atoms with E-state index in [0.717, 1.165) is 17.5 Å². The Balaban J connectivity index is 2.28. The number of nitrogens with zero attached hydrogens (tertiary/aromatic N) is 1. The fourth-order valence-electron chi connectivity index (χ4n) is 3.35. The van der Waals surface area contributed by atoms with Crippen LogP contribution >= 0.6 is 0 Å². The number of allylic oxidation sites excluding steroid dienone is 4. The number of phenolic OH excluding ortho intramolecular Hbond substituents is 1. The van der Waals surface area contributed by atoms with Crippen LogP contribution < -0.4 is 0 Å². The molecule has 1 aliphatic rings. The van der Waals surface area contributed by atoms with Crippen molar-refractivity contribution < 1.29 is 5.11 Å². The minimum Gasteiger partial charge on any atom is -0.508 e. The van der Waals surface area contributed by atoms with Crippen LogP contribution in [-0.4, -0.2) is 10.1 Å². The molecule has 1 aliphatic carbocycles. The van der Waals surface area contributed by atoms with E-state index in [-0.39, 0.29) is 5.41 Å². The normalized spacial score (nSPS) is 24.1. The number of aromatic nitrogens is 1. The van der Waals surface area contributed by atoms with Gasteiger partial charge in [-0.3, -0.25) is 4.98 Å². The topological polar surface area (TPSA) is 33.1 Å². The van der Waals surface area contributed by atoms with E-state index in [0.29, 0.717) is 11.7 Å². The first kappa shape index (κ1) is 13.6. The van der Waals surface area contributed by atoms with Gasteiger partial charge >= 0.3 is 0 Å². The third kappa shape index (κ3) is 2.17. The molecule has 2 atom stereocenters. The molecule has 2 aromatic rings. The highest BCUT2D eigenvalue weighted by atomic mass is 16.3. The zero-order chi connectivity index (χ0) is 14.7. The summed E-state index contributed by atoms with van der Waals surface area (Å²) in [6, 6.07) is 11.7. The Morgan fingerprint density at radius 1 is 1.10 bits per heavy atom. The van der Waals surface area contributed by atoms with Gasteiger partial charge in [0.25, 0.3) is 0 Å². The predicted molar refractivity (Wildman–Crippen MR) is 85.2 cm³/mol. The van der Waals surface area contributed by atoms with E-state index < -0.39 is 0 Å². The molecule has 0 bridgehead atoms. The fourth-order valence-corrected chi connectivity index (χ4v) is 3.35. The second-order valence-corrected chi connectivity index (χ2v) is 5.38. The van der Waals surface area contributed by atoms with Crippen LogP contribution in [0, 0.1) is 5.92 Å². The lowest BCUT2D eigenvalue weighted by Crippen LogP contribution is -2.34. The van der Waals surface area contributed by atoms with Gasteiger partial charge in [0, 0.05) is 23.4 Å². The SMILES string of the molecule is CCC1C=CC=CC1(c1ccncc1)c1ccccc1O. The summed E-state index contributed by atoms with van der Waals surface area (Å²) in [5.74, 6) is 0.644. The van der Waals surface area contributed by atoms with Gasteiger partial charge in [-0.15, -0.1) is 0 Å². The monoisotopic (exact) mass is 277 g/mol. The molecule has 1 aromatic carbocycles. The molecule has 0 saturated carbocycles. The molecule has 1 aromatic heterocycles. The van der Waals surface area contributed by atoms with Crippen LogP contribution in [0.1, 0.15) is 24.5 Å². The smallest absolute Gasteiger partial charge is 0.120 e. The van der Waals surface area contributed by atoms with Gasteiger partial charge in [0.2, 0.25) is 0 Å². The molecule has 3 rings (SSSR count). The highest BCUT2D eigenvalue weighted by Crippen LogP contribution is 2.47. The van der Waals surface area contributed by atoms with Crippen LogP contribution in [0.4, 0.5) is 0 Å². The maximum atomic E-state index is 10.4. The van der Waals surface area contributed by atoms with E-state index in [4.69, 9.17) is 0 Å². The quantitative estimate of drug-likeness (QED) is 0.911. The number of aromatic hydroxyl groups is 1. The molecule has 2 nitrogen and oxygen atoms in total. The second kappa shape index (κ2) is 5.57. The van der Waals surface area contributed by atoms with Gasteiger partial charge in [-0.1, -0.05) is 49.4 Å². The van der Waals surface area contributed by atoms with Crippen molar-refractivity contribution in [2.24, 2.45) is 5.92 Å². The molecule has 106 valence electrons. The van der Waals surface area contributed by atoms with Crippen molar-refractivity contribution in [1.29, 1.82) is 0 Å². The molecule has 2 unspecified atom stereocenters. The highest BCUT2D eigenvalue weighted by Gasteiger charge is 2.40. The van der Waals surface area contributed by atoms with Gasteiger partial charge in [-0.05, 0) is 36.1 Å². The standard InChI is InChI=1S/C19H19NO/c1-2-15-7-5-6-12-19(15,16-10-13-20-14-11-16)17-8-3-4-9-18(17)21/h3-15,21H,2H2,1H3. The number of rotatable bonds is 3. The highest BCUT2D eigenvalue weighted by molar-refractivity contribution is 5.53. The Labute approximate surface area is 125 Å². The number of benzene rings is 1. The van der Waals surface area contributed by atoms with Gasteiger partial charge in [-0.25, -0.2) is 0 Å². The van der Waals surface area contributed by atoms with E-state index in [2.05, 4.69) is 36.2 Å². The first-order valence-corrected chi connectivity index (χ1v) is 7.34. The van der Waals surface area contributed by atoms with Crippen LogP contribution in [0.3, 0.4) is 0 Å². The van der Waals surface area contributed by atoms with Gasteiger partial charge in [0.1, 0.15) is 5.75 Å². The van der Waals surface area contributed by atoms with Crippen LogP contribution in [0.15, 0.2) is 73.1 Å². The third-order valence-corrected chi connectivity index (χ3v) is 4.35. The molecule has 0 amide bonds. The summed E-state index contributed by atoms with van der Waals surface area (Å²) < 4.78 is 0. The zero-order valence-corrected chi connectivity index (χ0v) is 12.1. The number of phenols is 1. The lowest BCUT2D eigenvalue weighted by molar-refractivity contribution is 0.407. The third-order valence-electron chi connectivity index (χ3n) is 4.35. The molecule has 0 spiro atoms. The molecular formula is C19H19NO. The number of para-hydroxylation sites is 1. The molecule has 0 saturated heterocycles. The summed E-state index contributed by atoms with van der Waals surface area (Å²) >= 11 is 0. The lowest BCUT2D eigenvalue weighted by atomic mass is 9.63. The molecule has 1 N–H and O–H groups in total. The maximum absolute atomic E-state index is 10.4. The Bertz CT molecular complexity index is 675. The first-order valence-electron chi connectivity index (χ1n) is 7.34. The largest absolute Gasteiger partial charge is 0.508 e. The van der Waals surface area contributed by atoms with Crippen molar-refractivity contribution in [2.75, 3.05) is 0 Å². The second-order valence-electron chi connectivity index (χ2n) is 5.38. The van der Waals surface area contributed by atoms with Crippen molar-refractivity contribution in [3.63, 3.8) is 0 Å². The van der Waals surface area contributed by atoms with Gasteiger partial charge in [0.05, 0.1) is 0 Å². The number of hydrogen-bond donors (Lipinski definition) is 1. The van der Waals surface area contributed by atoms with Crippen molar-refractivity contribution in [1.82, 2.24) is 4.98 Å². The van der Waals surface area contributed by atoms with E-state index in [1.54, 1.807) is 6.07 Å². The molecule has 1 heterocycles.